The van der Waals surface area contributed by atoms with Crippen LogP contribution in [-0.2, 0) is 6.42 Å². The fourth-order valence-electron chi connectivity index (χ4n) is 3.05. The van der Waals surface area contributed by atoms with Crippen LogP contribution in [0.25, 0.3) is 11.4 Å². The second-order valence-corrected chi connectivity index (χ2v) is 7.01. The van der Waals surface area contributed by atoms with Crippen LogP contribution in [0.3, 0.4) is 0 Å². The molecule has 0 aliphatic heterocycles. The highest BCUT2D eigenvalue weighted by Gasteiger charge is 2.16. The van der Waals surface area contributed by atoms with Crippen LogP contribution in [0.4, 0.5) is 5.82 Å². The number of aromatic nitrogens is 3. The molecule has 3 rings (SSSR count). The molecule has 6 nitrogen and oxygen atoms in total. The average Bonchev–Trinajstić information content (AvgIpc) is 2.72. The fraction of sp³-hybridized carbons (Fsp3) is 0.318. The number of hydrogen-bond acceptors (Lipinski definition) is 5. The molecule has 1 aromatic carbocycles. The lowest BCUT2D eigenvalue weighted by molar-refractivity contribution is 0.414. The van der Waals surface area contributed by atoms with Crippen molar-refractivity contribution in [2.45, 2.75) is 33.2 Å². The van der Waals surface area contributed by atoms with Crippen molar-refractivity contribution in [1.82, 2.24) is 15.0 Å². The molecule has 0 amide bonds. The molecule has 3 aromatic rings. The van der Waals surface area contributed by atoms with Crippen LogP contribution < -0.4 is 15.6 Å². The Morgan fingerprint density at radius 3 is 2.46 bits per heavy atom. The Bertz CT molecular complexity index is 963. The van der Waals surface area contributed by atoms with Gasteiger partial charge in [-0.05, 0) is 42.2 Å². The van der Waals surface area contributed by atoms with E-state index in [1.165, 1.54) is 11.6 Å². The van der Waals surface area contributed by atoms with Gasteiger partial charge in [0.05, 0.1) is 13.2 Å². The summed E-state index contributed by atoms with van der Waals surface area (Å²) in [6.45, 7) is 6.31. The highest BCUT2D eigenvalue weighted by molar-refractivity contribution is 5.56. The number of pyridine rings is 1. The van der Waals surface area contributed by atoms with Gasteiger partial charge in [0.15, 0.2) is 0 Å². The molecule has 2 heterocycles. The summed E-state index contributed by atoms with van der Waals surface area (Å²) in [7, 11) is 1.66. The Kier molecular flexibility index (Phi) is 6.09. The monoisotopic (exact) mass is 378 g/mol. The smallest absolute Gasteiger partial charge is 0.251 e. The maximum atomic E-state index is 11.8. The Morgan fingerprint density at radius 2 is 1.89 bits per heavy atom. The van der Waals surface area contributed by atoms with Crippen molar-refractivity contribution in [1.29, 1.82) is 0 Å². The van der Waals surface area contributed by atoms with Crippen molar-refractivity contribution >= 4 is 5.82 Å². The lowest BCUT2D eigenvalue weighted by Crippen LogP contribution is -2.17. The maximum Gasteiger partial charge on any atom is 0.251 e. The molecule has 2 aromatic heterocycles. The summed E-state index contributed by atoms with van der Waals surface area (Å²) in [5, 5.41) is 3.50. The number of aryl methyl sites for hydroxylation is 1. The number of benzene rings is 1. The second-order valence-electron chi connectivity index (χ2n) is 7.01. The number of anilines is 1. The highest BCUT2D eigenvalue weighted by atomic mass is 16.5. The van der Waals surface area contributed by atoms with Gasteiger partial charge in [-0.1, -0.05) is 32.9 Å². The first-order chi connectivity index (χ1) is 13.5. The van der Waals surface area contributed by atoms with Crippen LogP contribution in [0.15, 0.2) is 53.5 Å². The van der Waals surface area contributed by atoms with Crippen molar-refractivity contribution in [2.75, 3.05) is 12.4 Å². The number of aromatic amines is 1. The van der Waals surface area contributed by atoms with Gasteiger partial charge in [-0.25, -0.2) is 9.97 Å². The van der Waals surface area contributed by atoms with Crippen molar-refractivity contribution < 1.29 is 4.74 Å². The lowest BCUT2D eigenvalue weighted by Gasteiger charge is -2.23. The van der Waals surface area contributed by atoms with Gasteiger partial charge in [0.25, 0.3) is 5.56 Å². The largest absolute Gasteiger partial charge is 0.497 e. The van der Waals surface area contributed by atoms with Gasteiger partial charge in [-0.15, -0.1) is 0 Å². The molecule has 0 aliphatic rings. The summed E-state index contributed by atoms with van der Waals surface area (Å²) in [4.78, 5) is 23.6. The first kappa shape index (κ1) is 19.6. The van der Waals surface area contributed by atoms with E-state index in [-0.39, 0.29) is 11.6 Å². The molecule has 28 heavy (non-hydrogen) atoms. The number of methoxy groups -OCH3 is 1. The van der Waals surface area contributed by atoms with Crippen molar-refractivity contribution in [3.63, 3.8) is 0 Å². The topological polar surface area (TPSA) is 79.9 Å². The fourth-order valence-corrected chi connectivity index (χ4v) is 3.05. The molecule has 0 radical (unpaired) electrons. The molecule has 6 heteroatoms. The minimum absolute atomic E-state index is 0.116. The first-order valence-corrected chi connectivity index (χ1v) is 9.47. The number of H-pyrrole nitrogens is 1. The predicted octanol–water partition coefficient (Wildman–Crippen LogP) is 4.21. The van der Waals surface area contributed by atoms with Crippen LogP contribution in [0.1, 0.15) is 38.1 Å². The van der Waals surface area contributed by atoms with Crippen LogP contribution in [0.5, 0.6) is 5.75 Å². The Morgan fingerprint density at radius 1 is 1.14 bits per heavy atom. The number of nitrogens with one attached hydrogen (secondary N) is 2. The maximum absolute atomic E-state index is 11.8. The number of rotatable bonds is 7. The third-order valence-corrected chi connectivity index (χ3v) is 4.64. The molecule has 0 aliphatic carbocycles. The van der Waals surface area contributed by atoms with Crippen molar-refractivity contribution in [3.05, 3.63) is 70.3 Å². The summed E-state index contributed by atoms with van der Waals surface area (Å²) in [5.74, 6) is 2.52. The molecular weight excluding hydrogens is 352 g/mol. The standard InChI is InChI=1S/C22H26N4O2/c1-5-17-12-20(27)26-22(24-17)16-8-11-19(23-13-16)25-21(14(2)3)15-6-9-18(28-4)10-7-15/h6-14,21H,5H2,1-4H3,(H,23,25)(H,24,26,27). The van der Waals surface area contributed by atoms with Gasteiger partial charge in [0, 0.05) is 23.5 Å². The van der Waals surface area contributed by atoms with Crippen LogP contribution in [0, 0.1) is 5.92 Å². The van der Waals surface area contributed by atoms with Gasteiger partial charge in [-0.3, -0.25) is 4.79 Å². The van der Waals surface area contributed by atoms with E-state index in [2.05, 4.69) is 46.2 Å². The van der Waals surface area contributed by atoms with Crippen molar-refractivity contribution in [2.24, 2.45) is 5.92 Å². The second kappa shape index (κ2) is 8.69. The van der Waals surface area contributed by atoms with Crippen LogP contribution >= 0.6 is 0 Å². The van der Waals surface area contributed by atoms with E-state index in [1.54, 1.807) is 13.3 Å². The van der Waals surface area contributed by atoms with Gasteiger partial charge < -0.3 is 15.0 Å². The van der Waals surface area contributed by atoms with E-state index in [1.807, 2.05) is 31.2 Å². The summed E-state index contributed by atoms with van der Waals surface area (Å²) < 4.78 is 5.24. The molecule has 1 atom stereocenters. The predicted molar refractivity (Wildman–Crippen MR) is 112 cm³/mol. The SMILES string of the molecule is CCc1cc(=O)[nH]c(-c2ccc(NC(c3ccc(OC)cc3)C(C)C)nc2)n1. The third kappa shape index (κ3) is 4.57. The van der Waals surface area contributed by atoms with E-state index in [0.717, 1.165) is 22.8 Å². The van der Waals surface area contributed by atoms with Gasteiger partial charge in [0.2, 0.25) is 0 Å². The number of hydrogen-bond donors (Lipinski definition) is 2. The Balaban J connectivity index is 1.81. The average molecular weight is 378 g/mol. The van der Waals surface area contributed by atoms with Crippen molar-refractivity contribution in [3.8, 4) is 17.1 Å². The van der Waals surface area contributed by atoms with Gasteiger partial charge >= 0.3 is 0 Å². The molecule has 1 unspecified atom stereocenters. The van der Waals surface area contributed by atoms with Crippen LogP contribution in [0.2, 0.25) is 0 Å². The van der Waals surface area contributed by atoms with Crippen LogP contribution in [-0.4, -0.2) is 22.1 Å². The zero-order valence-electron chi connectivity index (χ0n) is 16.7. The molecule has 0 saturated carbocycles. The third-order valence-electron chi connectivity index (χ3n) is 4.64. The zero-order chi connectivity index (χ0) is 20.1. The number of ether oxygens (including phenoxy) is 1. The van der Waals surface area contributed by atoms with E-state index in [4.69, 9.17) is 4.74 Å². The molecular formula is C22H26N4O2. The summed E-state index contributed by atoms with van der Waals surface area (Å²) in [5.41, 5.74) is 2.57. The molecule has 0 saturated heterocycles. The highest BCUT2D eigenvalue weighted by Crippen LogP contribution is 2.27. The summed E-state index contributed by atoms with van der Waals surface area (Å²) in [6, 6.07) is 13.5. The zero-order valence-corrected chi connectivity index (χ0v) is 16.7. The van der Waals surface area contributed by atoms with E-state index < -0.39 is 0 Å². The molecule has 2 N–H and O–H groups in total. The Labute approximate surface area is 165 Å². The minimum Gasteiger partial charge on any atom is -0.497 e. The van der Waals surface area contributed by atoms with E-state index in [0.29, 0.717) is 18.2 Å². The quantitative estimate of drug-likeness (QED) is 0.644. The minimum atomic E-state index is -0.150. The van der Waals surface area contributed by atoms with Gasteiger partial charge in [-0.2, -0.15) is 0 Å². The summed E-state index contributed by atoms with van der Waals surface area (Å²) in [6.07, 6.45) is 2.44. The first-order valence-electron chi connectivity index (χ1n) is 9.47. The normalized spacial score (nSPS) is 12.0. The molecule has 0 fully saturated rings. The Hall–Kier alpha value is -3.15. The molecule has 146 valence electrons. The molecule has 0 spiro atoms. The lowest BCUT2D eigenvalue weighted by atomic mass is 9.96. The van der Waals surface area contributed by atoms with E-state index in [9.17, 15) is 4.79 Å². The number of nitrogens with zero attached hydrogens (tertiary/aromatic N) is 2. The van der Waals surface area contributed by atoms with Gasteiger partial charge in [0.1, 0.15) is 17.4 Å². The van der Waals surface area contributed by atoms with E-state index >= 15 is 0 Å². The molecule has 0 bridgehead atoms. The summed E-state index contributed by atoms with van der Waals surface area (Å²) >= 11 is 0.